The van der Waals surface area contributed by atoms with Gasteiger partial charge in [-0.1, -0.05) is 43.5 Å². The molecule has 1 nitrogen and oxygen atoms in total. The second-order valence-corrected chi connectivity index (χ2v) is 6.01. The SMILES string of the molecule is O=C(c1ccc(Cl)cc1)C(Br)C(Cl)Br. The Morgan fingerprint density at radius 3 is 2.14 bits per heavy atom. The summed E-state index contributed by atoms with van der Waals surface area (Å²) in [4.78, 5) is 11.3. The summed E-state index contributed by atoms with van der Waals surface area (Å²) in [5.41, 5.74) is 0.585. The highest BCUT2D eigenvalue weighted by molar-refractivity contribution is 9.12. The van der Waals surface area contributed by atoms with Crippen LogP contribution in [0.15, 0.2) is 24.3 Å². The van der Waals surface area contributed by atoms with Crippen molar-refractivity contribution in [2.24, 2.45) is 0 Å². The Morgan fingerprint density at radius 2 is 1.71 bits per heavy atom. The third-order valence-electron chi connectivity index (χ3n) is 1.60. The van der Waals surface area contributed by atoms with E-state index in [1.807, 2.05) is 0 Å². The van der Waals surface area contributed by atoms with E-state index in [0.717, 1.165) is 0 Å². The molecule has 0 heterocycles. The monoisotopic (exact) mass is 358 g/mol. The van der Waals surface area contributed by atoms with Crippen LogP contribution in [0.2, 0.25) is 5.02 Å². The maximum Gasteiger partial charge on any atom is 0.178 e. The van der Waals surface area contributed by atoms with E-state index in [-0.39, 0.29) is 5.78 Å². The molecule has 0 radical (unpaired) electrons. The minimum absolute atomic E-state index is 0.0708. The van der Waals surface area contributed by atoms with Gasteiger partial charge >= 0.3 is 0 Å². The van der Waals surface area contributed by atoms with E-state index >= 15 is 0 Å². The molecule has 1 aromatic rings. The Labute approximate surface area is 109 Å². The average Bonchev–Trinajstić information content (AvgIpc) is 2.16. The lowest BCUT2D eigenvalue weighted by Gasteiger charge is -2.09. The molecule has 1 aromatic carbocycles. The summed E-state index contributed by atoms with van der Waals surface area (Å²) in [6, 6.07) is 6.69. The molecule has 0 amide bonds. The summed E-state index contributed by atoms with van der Waals surface area (Å²) in [5.74, 6) is -0.0708. The second-order valence-electron chi connectivity index (χ2n) is 2.61. The van der Waals surface area contributed by atoms with E-state index in [0.29, 0.717) is 10.6 Å². The zero-order valence-electron chi connectivity index (χ0n) is 6.88. The molecular weight excluding hydrogens is 355 g/mol. The van der Waals surface area contributed by atoms with Crippen molar-refractivity contribution in [2.75, 3.05) is 0 Å². The first-order chi connectivity index (χ1) is 6.52. The van der Waals surface area contributed by atoms with Gasteiger partial charge in [-0.25, -0.2) is 0 Å². The fourth-order valence-corrected chi connectivity index (χ4v) is 1.63. The summed E-state index contributed by atoms with van der Waals surface area (Å²) in [7, 11) is 0. The molecule has 0 fully saturated rings. The van der Waals surface area contributed by atoms with Crippen molar-refractivity contribution in [1.29, 1.82) is 0 Å². The van der Waals surface area contributed by atoms with Crippen LogP contribution in [-0.2, 0) is 0 Å². The summed E-state index contributed by atoms with van der Waals surface area (Å²) in [5, 5.41) is 0.605. The molecule has 0 aliphatic carbocycles. The van der Waals surface area contributed by atoms with Crippen molar-refractivity contribution in [3.8, 4) is 0 Å². The van der Waals surface area contributed by atoms with Gasteiger partial charge in [0.25, 0.3) is 0 Å². The smallest absolute Gasteiger partial charge is 0.178 e. The van der Waals surface area contributed by atoms with Crippen molar-refractivity contribution >= 4 is 60.8 Å². The van der Waals surface area contributed by atoms with Crippen molar-refractivity contribution in [2.45, 2.75) is 9.11 Å². The van der Waals surface area contributed by atoms with Gasteiger partial charge in [0.15, 0.2) is 5.78 Å². The normalized spacial score (nSPS) is 14.9. The van der Waals surface area contributed by atoms with Gasteiger partial charge in [-0.2, -0.15) is 0 Å². The van der Waals surface area contributed by atoms with Crippen molar-refractivity contribution < 1.29 is 4.79 Å². The Kier molecular flexibility index (Phi) is 4.91. The molecule has 2 unspecified atom stereocenters. The summed E-state index contributed by atoms with van der Waals surface area (Å²) in [6.07, 6.45) is 0. The van der Waals surface area contributed by atoms with Gasteiger partial charge in [-0.15, -0.1) is 11.6 Å². The van der Waals surface area contributed by atoms with Gasteiger partial charge in [-0.3, -0.25) is 4.79 Å². The molecule has 0 bridgehead atoms. The Morgan fingerprint density at radius 1 is 1.21 bits per heavy atom. The van der Waals surface area contributed by atoms with Crippen molar-refractivity contribution in [1.82, 2.24) is 0 Å². The van der Waals surface area contributed by atoms with Gasteiger partial charge in [-0.05, 0) is 24.3 Å². The number of ketones is 1. The molecular formula is C9H6Br2Cl2O. The topological polar surface area (TPSA) is 17.1 Å². The molecule has 0 N–H and O–H groups in total. The molecule has 0 saturated heterocycles. The lowest BCUT2D eigenvalue weighted by atomic mass is 10.1. The molecule has 0 aliphatic heterocycles. The van der Waals surface area contributed by atoms with Crippen LogP contribution in [0, 0.1) is 0 Å². The minimum atomic E-state index is -0.439. The zero-order chi connectivity index (χ0) is 10.7. The first kappa shape index (κ1) is 12.5. The Bertz CT molecular complexity index is 324. The minimum Gasteiger partial charge on any atom is -0.293 e. The molecule has 1 rings (SSSR count). The Hall–Kier alpha value is 0.430. The van der Waals surface area contributed by atoms with E-state index in [1.165, 1.54) is 0 Å². The van der Waals surface area contributed by atoms with Crippen molar-refractivity contribution in [3.63, 3.8) is 0 Å². The molecule has 0 aliphatic rings. The lowest BCUT2D eigenvalue weighted by molar-refractivity contribution is 0.0995. The third kappa shape index (κ3) is 3.23. The van der Waals surface area contributed by atoms with E-state index in [2.05, 4.69) is 31.9 Å². The summed E-state index contributed by atoms with van der Waals surface area (Å²) < 4.78 is -0.425. The maximum absolute atomic E-state index is 11.7. The fourth-order valence-electron chi connectivity index (χ4n) is 0.888. The fraction of sp³-hybridized carbons (Fsp3) is 0.222. The van der Waals surface area contributed by atoms with Gasteiger partial charge in [0.1, 0.15) is 9.11 Å². The van der Waals surface area contributed by atoms with Gasteiger partial charge in [0, 0.05) is 10.6 Å². The molecule has 5 heteroatoms. The summed E-state index contributed by atoms with van der Waals surface area (Å²) >= 11 is 17.8. The van der Waals surface area contributed by atoms with E-state index < -0.39 is 9.11 Å². The molecule has 2 atom stereocenters. The zero-order valence-corrected chi connectivity index (χ0v) is 11.6. The van der Waals surface area contributed by atoms with Gasteiger partial charge in [0.2, 0.25) is 0 Å². The van der Waals surface area contributed by atoms with Crippen LogP contribution in [0.1, 0.15) is 10.4 Å². The van der Waals surface area contributed by atoms with Gasteiger partial charge in [0.05, 0.1) is 0 Å². The number of carbonyl (C=O) groups excluding carboxylic acids is 1. The first-order valence-electron chi connectivity index (χ1n) is 3.74. The van der Waals surface area contributed by atoms with Crippen molar-refractivity contribution in [3.05, 3.63) is 34.9 Å². The maximum atomic E-state index is 11.7. The molecule has 14 heavy (non-hydrogen) atoms. The number of benzene rings is 1. The number of halogens is 4. The summed E-state index contributed by atoms with van der Waals surface area (Å²) in [6.45, 7) is 0. The predicted molar refractivity (Wildman–Crippen MR) is 67.1 cm³/mol. The average molecular weight is 361 g/mol. The van der Waals surface area contributed by atoms with E-state index in [4.69, 9.17) is 23.2 Å². The number of rotatable bonds is 3. The van der Waals surface area contributed by atoms with Crippen LogP contribution >= 0.6 is 55.1 Å². The van der Waals surface area contributed by atoms with Gasteiger partial charge < -0.3 is 0 Å². The number of alkyl halides is 3. The van der Waals surface area contributed by atoms with Crippen LogP contribution in [0.5, 0.6) is 0 Å². The number of hydrogen-bond acceptors (Lipinski definition) is 1. The Balaban J connectivity index is 2.84. The largest absolute Gasteiger partial charge is 0.293 e. The third-order valence-corrected chi connectivity index (χ3v) is 4.59. The highest BCUT2D eigenvalue weighted by Crippen LogP contribution is 2.22. The standard InChI is InChI=1S/C9H6Br2Cl2O/c10-7(9(11)13)8(14)5-1-3-6(12)4-2-5/h1-4,7,9H. The van der Waals surface area contributed by atoms with Crippen LogP contribution in [0.3, 0.4) is 0 Å². The number of Topliss-reactive ketones (excluding diaryl/α,β-unsaturated/α-hetero) is 1. The highest BCUT2D eigenvalue weighted by Gasteiger charge is 2.22. The predicted octanol–water partition coefficient (Wildman–Crippen LogP) is 4.25. The quantitative estimate of drug-likeness (QED) is 0.582. The molecule has 0 spiro atoms. The van der Waals surface area contributed by atoms with E-state index in [1.54, 1.807) is 24.3 Å². The second kappa shape index (κ2) is 5.50. The van der Waals surface area contributed by atoms with Crippen LogP contribution < -0.4 is 0 Å². The van der Waals surface area contributed by atoms with E-state index in [9.17, 15) is 4.79 Å². The number of hydrogen-bond donors (Lipinski definition) is 0. The van der Waals surface area contributed by atoms with Crippen LogP contribution in [0.25, 0.3) is 0 Å². The van der Waals surface area contributed by atoms with Crippen LogP contribution in [0.4, 0.5) is 0 Å². The molecule has 0 saturated carbocycles. The van der Waals surface area contributed by atoms with Crippen LogP contribution in [-0.4, -0.2) is 14.9 Å². The lowest BCUT2D eigenvalue weighted by Crippen LogP contribution is -2.20. The first-order valence-corrected chi connectivity index (χ1v) is 6.39. The highest BCUT2D eigenvalue weighted by atomic mass is 79.9. The molecule has 0 aromatic heterocycles. The number of carbonyl (C=O) groups is 1. The molecule has 76 valence electrons.